The van der Waals surface area contributed by atoms with Crippen molar-refractivity contribution in [3.05, 3.63) is 64.5 Å². The second-order valence-electron chi connectivity index (χ2n) is 8.35. The van der Waals surface area contributed by atoms with Crippen molar-refractivity contribution < 1.29 is 28.2 Å². The zero-order valence-corrected chi connectivity index (χ0v) is 20.3. The Labute approximate surface area is 205 Å². The molecule has 186 valence electrons. The molecular formula is C28H32O7. The van der Waals surface area contributed by atoms with Gasteiger partial charge < -0.3 is 18.6 Å². The van der Waals surface area contributed by atoms with Gasteiger partial charge in [0.25, 0.3) is 5.75 Å². The van der Waals surface area contributed by atoms with E-state index in [-0.39, 0.29) is 16.9 Å². The lowest BCUT2D eigenvalue weighted by Crippen LogP contribution is -2.16. The molecule has 0 aliphatic rings. The predicted octanol–water partition coefficient (Wildman–Crippen LogP) is 6.46. The van der Waals surface area contributed by atoms with E-state index in [2.05, 4.69) is 6.92 Å². The van der Waals surface area contributed by atoms with Crippen LogP contribution in [-0.2, 0) is 4.79 Å². The summed E-state index contributed by atoms with van der Waals surface area (Å²) < 4.78 is 21.9. The molecule has 1 aromatic heterocycles. The van der Waals surface area contributed by atoms with Crippen molar-refractivity contribution in [3.8, 4) is 17.2 Å². The quantitative estimate of drug-likeness (QED) is 0.157. The zero-order valence-electron chi connectivity index (χ0n) is 20.3. The molecule has 0 N–H and O–H groups in total. The molecule has 0 aliphatic heterocycles. The fraction of sp³-hybridized carbons (Fsp3) is 0.393. The second-order valence-corrected chi connectivity index (χ2v) is 8.35. The molecule has 0 radical (unpaired) electrons. The molecule has 0 saturated heterocycles. The van der Waals surface area contributed by atoms with Gasteiger partial charge in [-0.2, -0.15) is 0 Å². The molecule has 0 atom stereocenters. The third kappa shape index (κ3) is 7.44. The number of hydrogen-bond donors (Lipinski definition) is 0. The number of benzene rings is 2. The van der Waals surface area contributed by atoms with Crippen molar-refractivity contribution in [3.63, 3.8) is 0 Å². The first-order chi connectivity index (χ1) is 17.0. The second kappa shape index (κ2) is 13.3. The Morgan fingerprint density at radius 2 is 1.49 bits per heavy atom. The molecule has 0 aliphatic carbocycles. The highest BCUT2D eigenvalue weighted by atomic mass is 16.6. The van der Waals surface area contributed by atoms with Crippen LogP contribution in [-0.4, -0.2) is 18.5 Å². The molecule has 3 rings (SSSR count). The zero-order chi connectivity index (χ0) is 25.0. The molecule has 3 aromatic rings. The Morgan fingerprint density at radius 1 is 0.800 bits per heavy atom. The minimum absolute atomic E-state index is 0.129. The van der Waals surface area contributed by atoms with Gasteiger partial charge in [-0.05, 0) is 30.7 Å². The summed E-state index contributed by atoms with van der Waals surface area (Å²) in [4.78, 5) is 37.0. The average Bonchev–Trinajstić information content (AvgIpc) is 2.85. The van der Waals surface area contributed by atoms with Crippen LogP contribution in [0.3, 0.4) is 0 Å². The number of para-hydroxylation sites is 1. The highest BCUT2D eigenvalue weighted by Gasteiger charge is 2.24. The third-order valence-electron chi connectivity index (χ3n) is 5.52. The molecule has 0 saturated carbocycles. The van der Waals surface area contributed by atoms with Crippen molar-refractivity contribution in [1.82, 2.24) is 0 Å². The summed E-state index contributed by atoms with van der Waals surface area (Å²) >= 11 is 0. The van der Waals surface area contributed by atoms with Crippen molar-refractivity contribution in [2.24, 2.45) is 0 Å². The first-order valence-electron chi connectivity index (χ1n) is 12.2. The van der Waals surface area contributed by atoms with Gasteiger partial charge in [0.15, 0.2) is 17.1 Å². The van der Waals surface area contributed by atoms with Crippen LogP contribution in [0.25, 0.3) is 11.0 Å². The van der Waals surface area contributed by atoms with Gasteiger partial charge in [0.1, 0.15) is 0 Å². The summed E-state index contributed by atoms with van der Waals surface area (Å²) in [7, 11) is 0. The molecule has 2 aromatic carbocycles. The van der Waals surface area contributed by atoms with E-state index >= 15 is 0 Å². The van der Waals surface area contributed by atoms with Crippen LogP contribution in [0.1, 0.15) is 75.6 Å². The minimum Gasteiger partial charge on any atom is -0.490 e. The largest absolute Gasteiger partial charge is 0.490 e. The number of ether oxygens (including phenoxy) is 3. The minimum atomic E-state index is -0.938. The van der Waals surface area contributed by atoms with Crippen molar-refractivity contribution in [2.75, 3.05) is 6.61 Å². The van der Waals surface area contributed by atoms with E-state index in [0.29, 0.717) is 17.7 Å². The smallest absolute Gasteiger partial charge is 0.383 e. The van der Waals surface area contributed by atoms with Crippen molar-refractivity contribution in [1.29, 1.82) is 0 Å². The monoisotopic (exact) mass is 480 g/mol. The summed E-state index contributed by atoms with van der Waals surface area (Å²) in [5, 5.41) is 0.290. The van der Waals surface area contributed by atoms with Gasteiger partial charge in [0.2, 0.25) is 0 Å². The summed E-state index contributed by atoms with van der Waals surface area (Å²) in [5.41, 5.74) is -0.528. The lowest BCUT2D eigenvalue weighted by Gasteiger charge is -2.13. The summed E-state index contributed by atoms with van der Waals surface area (Å²) in [5.74, 6) is -1.74. The Balaban J connectivity index is 1.79. The van der Waals surface area contributed by atoms with E-state index in [1.165, 1.54) is 32.1 Å². The van der Waals surface area contributed by atoms with Gasteiger partial charge in [0.05, 0.1) is 17.6 Å². The van der Waals surface area contributed by atoms with Crippen LogP contribution in [0.5, 0.6) is 17.2 Å². The SMILES string of the molecule is CCCCCCCCCCOc1cccc2c(OC(=O)c3ccccc3)c(OC(C)=O)c(=O)oc12. The first-order valence-corrected chi connectivity index (χ1v) is 12.2. The summed E-state index contributed by atoms with van der Waals surface area (Å²) in [6, 6.07) is 13.3. The van der Waals surface area contributed by atoms with Crippen LogP contribution in [0.15, 0.2) is 57.7 Å². The van der Waals surface area contributed by atoms with Crippen molar-refractivity contribution in [2.45, 2.75) is 65.2 Å². The van der Waals surface area contributed by atoms with E-state index in [0.717, 1.165) is 26.2 Å². The normalized spacial score (nSPS) is 10.8. The summed E-state index contributed by atoms with van der Waals surface area (Å²) in [6.07, 6.45) is 9.38. The Hall–Kier alpha value is -3.61. The number of unbranched alkanes of at least 4 members (excludes halogenated alkanes) is 7. The van der Waals surface area contributed by atoms with E-state index in [9.17, 15) is 14.4 Å². The van der Waals surface area contributed by atoms with E-state index in [4.69, 9.17) is 18.6 Å². The number of fused-ring (bicyclic) bond motifs is 1. The van der Waals surface area contributed by atoms with Crippen LogP contribution < -0.4 is 19.8 Å². The van der Waals surface area contributed by atoms with Crippen LogP contribution in [0.2, 0.25) is 0 Å². The number of rotatable bonds is 13. The fourth-order valence-electron chi connectivity index (χ4n) is 3.74. The Kier molecular flexibility index (Phi) is 9.90. The number of hydrogen-bond acceptors (Lipinski definition) is 7. The maximum atomic E-state index is 12.7. The molecule has 0 unspecified atom stereocenters. The molecular weight excluding hydrogens is 448 g/mol. The average molecular weight is 481 g/mol. The molecule has 0 spiro atoms. The molecule has 0 bridgehead atoms. The molecule has 7 heteroatoms. The highest BCUT2D eigenvalue weighted by Crippen LogP contribution is 2.37. The molecule has 1 heterocycles. The Morgan fingerprint density at radius 3 is 2.17 bits per heavy atom. The van der Waals surface area contributed by atoms with E-state index in [1.54, 1.807) is 48.5 Å². The van der Waals surface area contributed by atoms with Gasteiger partial charge in [-0.1, -0.05) is 76.1 Å². The van der Waals surface area contributed by atoms with E-state index < -0.39 is 23.3 Å². The number of carbonyl (C=O) groups is 2. The number of carbonyl (C=O) groups excluding carboxylic acids is 2. The van der Waals surface area contributed by atoms with Crippen LogP contribution >= 0.6 is 0 Å². The van der Waals surface area contributed by atoms with Gasteiger partial charge in [-0.25, -0.2) is 9.59 Å². The van der Waals surface area contributed by atoms with Gasteiger partial charge in [0, 0.05) is 6.92 Å². The third-order valence-corrected chi connectivity index (χ3v) is 5.52. The highest BCUT2D eigenvalue weighted by molar-refractivity contribution is 5.97. The van der Waals surface area contributed by atoms with Crippen LogP contribution in [0.4, 0.5) is 0 Å². The molecule has 35 heavy (non-hydrogen) atoms. The van der Waals surface area contributed by atoms with Gasteiger partial charge in [-0.3, -0.25) is 4.79 Å². The topological polar surface area (TPSA) is 92.0 Å². The summed E-state index contributed by atoms with van der Waals surface area (Å²) in [6.45, 7) is 3.82. The van der Waals surface area contributed by atoms with Gasteiger partial charge in [-0.15, -0.1) is 0 Å². The van der Waals surface area contributed by atoms with Crippen molar-refractivity contribution >= 4 is 22.9 Å². The molecule has 0 amide bonds. The maximum absolute atomic E-state index is 12.7. The van der Waals surface area contributed by atoms with Gasteiger partial charge >= 0.3 is 17.6 Å². The maximum Gasteiger partial charge on any atom is 0.383 e. The Bertz CT molecular complexity index is 1180. The first kappa shape index (κ1) is 26.0. The molecule has 7 nitrogen and oxygen atoms in total. The number of esters is 2. The standard InChI is InChI=1S/C28H32O7/c1-3-4-5-6-7-8-9-13-19-32-23-18-14-17-22-24(23)34-28(31)26(33-20(2)29)25(22)35-27(30)21-15-11-10-12-16-21/h10-12,14-18H,3-9,13,19H2,1-2H3. The lowest BCUT2D eigenvalue weighted by molar-refractivity contribution is -0.132. The fourth-order valence-corrected chi connectivity index (χ4v) is 3.74. The predicted molar refractivity (Wildman–Crippen MR) is 133 cm³/mol. The molecule has 0 fully saturated rings. The lowest BCUT2D eigenvalue weighted by atomic mass is 10.1. The van der Waals surface area contributed by atoms with Crippen LogP contribution in [0, 0.1) is 0 Å². The van der Waals surface area contributed by atoms with E-state index in [1.807, 2.05) is 0 Å².